The summed E-state index contributed by atoms with van der Waals surface area (Å²) >= 11 is 0. The summed E-state index contributed by atoms with van der Waals surface area (Å²) in [6.45, 7) is 0.643. The maximum absolute atomic E-state index is 12.4. The quantitative estimate of drug-likeness (QED) is 0.772. The molecule has 0 saturated heterocycles. The van der Waals surface area contributed by atoms with Gasteiger partial charge >= 0.3 is 6.18 Å². The van der Waals surface area contributed by atoms with Crippen LogP contribution in [0.1, 0.15) is 37.7 Å². The van der Waals surface area contributed by atoms with Crippen molar-refractivity contribution < 1.29 is 18.0 Å². The first-order valence-corrected chi connectivity index (χ1v) is 7.81. The summed E-state index contributed by atoms with van der Waals surface area (Å²) < 4.78 is 37.3. The van der Waals surface area contributed by atoms with Gasteiger partial charge in [0.05, 0.1) is 12.1 Å². The summed E-state index contributed by atoms with van der Waals surface area (Å²) in [5, 5.41) is 5.63. The van der Waals surface area contributed by atoms with E-state index in [1.54, 1.807) is 0 Å². The van der Waals surface area contributed by atoms with E-state index in [9.17, 15) is 18.0 Å². The minimum atomic E-state index is -4.34. The fourth-order valence-corrected chi connectivity index (χ4v) is 2.52. The Morgan fingerprint density at radius 2 is 1.87 bits per heavy atom. The first-order chi connectivity index (χ1) is 10.9. The zero-order valence-electron chi connectivity index (χ0n) is 12.9. The van der Waals surface area contributed by atoms with Crippen molar-refractivity contribution >= 4 is 11.6 Å². The van der Waals surface area contributed by atoms with Gasteiger partial charge < -0.3 is 10.6 Å². The van der Waals surface area contributed by atoms with Crippen molar-refractivity contribution in [2.45, 2.75) is 38.3 Å². The van der Waals surface area contributed by atoms with Crippen molar-refractivity contribution in [3.63, 3.8) is 0 Å². The van der Waals surface area contributed by atoms with Gasteiger partial charge in [0, 0.05) is 12.2 Å². The molecular formula is C17H21F3N2O. The van der Waals surface area contributed by atoms with Crippen LogP contribution < -0.4 is 10.6 Å². The smallest absolute Gasteiger partial charge is 0.376 e. The molecule has 1 aromatic rings. The monoisotopic (exact) mass is 326 g/mol. The number of carbonyl (C=O) groups is 1. The number of anilines is 1. The van der Waals surface area contributed by atoms with Gasteiger partial charge in [0.2, 0.25) is 5.91 Å². The summed E-state index contributed by atoms with van der Waals surface area (Å²) in [7, 11) is 0. The molecule has 0 aliphatic heterocycles. The summed E-state index contributed by atoms with van der Waals surface area (Å²) in [5.41, 5.74) is 1.18. The molecule has 0 bridgehead atoms. The van der Waals surface area contributed by atoms with Crippen molar-refractivity contribution in [1.29, 1.82) is 0 Å². The van der Waals surface area contributed by atoms with Crippen LogP contribution in [-0.2, 0) is 11.0 Å². The number of nitrogens with one attached hydrogen (secondary N) is 2. The number of carbonyl (C=O) groups excluding carboxylic acids is 1. The van der Waals surface area contributed by atoms with E-state index in [1.807, 2.05) is 0 Å². The zero-order valence-corrected chi connectivity index (χ0v) is 12.9. The Kier molecular flexibility index (Phi) is 6.07. The highest BCUT2D eigenvalue weighted by atomic mass is 19.4. The van der Waals surface area contributed by atoms with Crippen LogP contribution in [-0.4, -0.2) is 19.0 Å². The number of rotatable bonds is 6. The van der Waals surface area contributed by atoms with E-state index in [1.165, 1.54) is 30.5 Å². The molecule has 126 valence electrons. The van der Waals surface area contributed by atoms with Crippen LogP contribution in [0.15, 0.2) is 35.9 Å². The molecule has 0 heterocycles. The number of amides is 1. The second-order valence-corrected chi connectivity index (χ2v) is 5.64. The Labute approximate surface area is 134 Å². The molecule has 0 spiro atoms. The zero-order chi connectivity index (χ0) is 16.7. The van der Waals surface area contributed by atoms with Crippen LogP contribution >= 0.6 is 0 Å². The maximum atomic E-state index is 12.4. The number of benzene rings is 1. The van der Waals surface area contributed by atoms with E-state index in [-0.39, 0.29) is 12.5 Å². The molecular weight excluding hydrogens is 305 g/mol. The lowest BCUT2D eigenvalue weighted by Gasteiger charge is -2.13. The Balaban J connectivity index is 1.68. The number of allylic oxidation sites excluding steroid dienone is 1. The fourth-order valence-electron chi connectivity index (χ4n) is 2.52. The standard InChI is InChI=1S/C17H21F3N2O/c18-17(19,20)14-6-8-15(9-7-14)22-12-16(23)21-11-10-13-4-2-1-3-5-13/h4,6-9,22H,1-3,5,10-12H2,(H,21,23). The minimum absolute atomic E-state index is 0.0460. The van der Waals surface area contributed by atoms with Crippen molar-refractivity contribution in [2.75, 3.05) is 18.4 Å². The average Bonchev–Trinajstić information content (AvgIpc) is 2.53. The number of hydrogen-bond acceptors (Lipinski definition) is 2. The molecule has 2 N–H and O–H groups in total. The predicted octanol–water partition coefficient (Wildman–Crippen LogP) is 4.12. The largest absolute Gasteiger partial charge is 0.416 e. The second-order valence-electron chi connectivity index (χ2n) is 5.64. The van der Waals surface area contributed by atoms with Gasteiger partial charge in [0.1, 0.15) is 0 Å². The van der Waals surface area contributed by atoms with Gasteiger partial charge in [-0.25, -0.2) is 0 Å². The van der Waals surface area contributed by atoms with Crippen LogP contribution in [0.5, 0.6) is 0 Å². The molecule has 0 atom stereocenters. The van der Waals surface area contributed by atoms with E-state index in [4.69, 9.17) is 0 Å². The van der Waals surface area contributed by atoms with Crippen LogP contribution in [0.25, 0.3) is 0 Å². The molecule has 3 nitrogen and oxygen atoms in total. The van der Waals surface area contributed by atoms with Crippen molar-refractivity contribution in [2.24, 2.45) is 0 Å². The third-order valence-electron chi connectivity index (χ3n) is 3.82. The third kappa shape index (κ3) is 5.96. The lowest BCUT2D eigenvalue weighted by atomic mass is 9.97. The first-order valence-electron chi connectivity index (χ1n) is 7.81. The van der Waals surface area contributed by atoms with E-state index >= 15 is 0 Å². The molecule has 0 saturated carbocycles. The highest BCUT2D eigenvalue weighted by Gasteiger charge is 2.29. The summed E-state index contributed by atoms with van der Waals surface area (Å²) in [5.74, 6) is -0.165. The minimum Gasteiger partial charge on any atom is -0.376 e. The molecule has 6 heteroatoms. The normalized spacial score (nSPS) is 15.0. The highest BCUT2D eigenvalue weighted by Crippen LogP contribution is 2.29. The van der Waals surface area contributed by atoms with Gasteiger partial charge in [-0.1, -0.05) is 11.6 Å². The second kappa shape index (κ2) is 8.04. The van der Waals surface area contributed by atoms with E-state index in [0.29, 0.717) is 12.2 Å². The lowest BCUT2D eigenvalue weighted by molar-refractivity contribution is -0.137. The van der Waals surface area contributed by atoms with Gasteiger partial charge in [-0.15, -0.1) is 0 Å². The fraction of sp³-hybridized carbons (Fsp3) is 0.471. The Hall–Kier alpha value is -1.98. The third-order valence-corrected chi connectivity index (χ3v) is 3.82. The number of hydrogen-bond donors (Lipinski definition) is 2. The van der Waals surface area contributed by atoms with E-state index in [0.717, 1.165) is 31.4 Å². The van der Waals surface area contributed by atoms with Crippen LogP contribution in [0.3, 0.4) is 0 Å². The first kappa shape index (κ1) is 17.4. The van der Waals surface area contributed by atoms with E-state index < -0.39 is 11.7 Å². The molecule has 0 aromatic heterocycles. The van der Waals surface area contributed by atoms with Crippen LogP contribution in [0, 0.1) is 0 Å². The number of halogens is 3. The summed E-state index contributed by atoms with van der Waals surface area (Å²) in [4.78, 5) is 11.7. The molecule has 1 aliphatic carbocycles. The molecule has 2 rings (SSSR count). The topological polar surface area (TPSA) is 41.1 Å². The molecule has 0 unspecified atom stereocenters. The van der Waals surface area contributed by atoms with Crippen molar-refractivity contribution in [3.05, 3.63) is 41.5 Å². The van der Waals surface area contributed by atoms with Crippen LogP contribution in [0.4, 0.5) is 18.9 Å². The summed E-state index contributed by atoms with van der Waals surface area (Å²) in [6, 6.07) is 4.64. The molecule has 1 aromatic carbocycles. The molecule has 0 radical (unpaired) electrons. The summed E-state index contributed by atoms with van der Waals surface area (Å²) in [6.07, 6.45) is 3.46. The highest BCUT2D eigenvalue weighted by molar-refractivity contribution is 5.80. The van der Waals surface area contributed by atoms with Gasteiger partial charge in [0.15, 0.2) is 0 Å². The average molecular weight is 326 g/mol. The van der Waals surface area contributed by atoms with Gasteiger partial charge in [-0.2, -0.15) is 13.2 Å². The van der Waals surface area contributed by atoms with Crippen molar-refractivity contribution in [1.82, 2.24) is 5.32 Å². The maximum Gasteiger partial charge on any atom is 0.416 e. The molecule has 0 fully saturated rings. The Morgan fingerprint density at radius 3 is 2.48 bits per heavy atom. The Bertz CT molecular complexity index is 550. The molecule has 1 amide bonds. The van der Waals surface area contributed by atoms with Gasteiger partial charge in [-0.3, -0.25) is 4.79 Å². The van der Waals surface area contributed by atoms with Crippen LogP contribution in [0.2, 0.25) is 0 Å². The van der Waals surface area contributed by atoms with E-state index in [2.05, 4.69) is 16.7 Å². The molecule has 23 heavy (non-hydrogen) atoms. The van der Waals surface area contributed by atoms with Crippen molar-refractivity contribution in [3.8, 4) is 0 Å². The molecule has 1 aliphatic rings. The van der Waals surface area contributed by atoms with Gasteiger partial charge in [-0.05, 0) is 56.4 Å². The number of alkyl halides is 3. The predicted molar refractivity (Wildman–Crippen MR) is 84.1 cm³/mol. The Morgan fingerprint density at radius 1 is 1.13 bits per heavy atom. The lowest BCUT2D eigenvalue weighted by Crippen LogP contribution is -2.30. The SMILES string of the molecule is O=C(CNc1ccc(C(F)(F)F)cc1)NCCC1=CCCCC1. The van der Waals surface area contributed by atoms with Gasteiger partial charge in [0.25, 0.3) is 0 Å².